The third-order valence-corrected chi connectivity index (χ3v) is 4.91. The van der Waals surface area contributed by atoms with Crippen LogP contribution in [0.25, 0.3) is 0 Å². The summed E-state index contributed by atoms with van der Waals surface area (Å²) in [6, 6.07) is 13.8. The Hall–Kier alpha value is -3.35. The van der Waals surface area contributed by atoms with Crippen LogP contribution in [0.15, 0.2) is 48.5 Å². The van der Waals surface area contributed by atoms with Gasteiger partial charge in [-0.1, -0.05) is 48.0 Å². The molecule has 0 heterocycles. The van der Waals surface area contributed by atoms with E-state index >= 15 is 0 Å². The molecular weight excluding hydrogens is 418 g/mol. The number of para-hydroxylation sites is 1. The molecule has 178 valence electrons. The van der Waals surface area contributed by atoms with Crippen molar-refractivity contribution in [3.8, 4) is 0 Å². The first-order valence-electron chi connectivity index (χ1n) is 11.1. The summed E-state index contributed by atoms with van der Waals surface area (Å²) in [5.74, 6) is -0.712. The Morgan fingerprint density at radius 1 is 1.00 bits per heavy atom. The molecule has 2 rings (SSSR count). The molecule has 0 aliphatic carbocycles. The van der Waals surface area contributed by atoms with Crippen LogP contribution in [-0.2, 0) is 14.3 Å². The van der Waals surface area contributed by atoms with Crippen LogP contribution < -0.4 is 10.6 Å². The third kappa shape index (κ3) is 7.63. The second-order valence-electron chi connectivity index (χ2n) is 9.37. The van der Waals surface area contributed by atoms with E-state index in [1.165, 1.54) is 4.90 Å². The number of aryl methyl sites for hydroxylation is 2. The zero-order chi connectivity index (χ0) is 24.8. The van der Waals surface area contributed by atoms with Crippen molar-refractivity contribution in [2.45, 2.75) is 66.2 Å². The lowest BCUT2D eigenvalue weighted by Gasteiger charge is -2.35. The van der Waals surface area contributed by atoms with Gasteiger partial charge in [0.2, 0.25) is 5.91 Å². The summed E-state index contributed by atoms with van der Waals surface area (Å²) in [5.41, 5.74) is 2.60. The molecule has 3 amide bonds. The predicted molar refractivity (Wildman–Crippen MR) is 130 cm³/mol. The summed E-state index contributed by atoms with van der Waals surface area (Å²) in [6.45, 7) is 12.5. The number of nitrogens with zero attached hydrogens (tertiary/aromatic N) is 1. The molecule has 33 heavy (non-hydrogen) atoms. The summed E-state index contributed by atoms with van der Waals surface area (Å²) in [5, 5.41) is 5.48. The van der Waals surface area contributed by atoms with Crippen LogP contribution in [0, 0.1) is 13.8 Å². The molecule has 0 saturated carbocycles. The molecule has 1 atom stereocenters. The van der Waals surface area contributed by atoms with E-state index in [2.05, 4.69) is 10.6 Å². The van der Waals surface area contributed by atoms with Crippen molar-refractivity contribution < 1.29 is 19.1 Å². The Labute approximate surface area is 196 Å². The summed E-state index contributed by atoms with van der Waals surface area (Å²) >= 11 is 0. The molecule has 7 heteroatoms. The van der Waals surface area contributed by atoms with Gasteiger partial charge in [-0.3, -0.25) is 9.59 Å². The highest BCUT2D eigenvalue weighted by Gasteiger charge is 2.34. The van der Waals surface area contributed by atoms with Crippen LogP contribution >= 0.6 is 0 Å². The van der Waals surface area contributed by atoms with Gasteiger partial charge in [0.25, 0.3) is 5.91 Å². The minimum absolute atomic E-state index is 0.285. The monoisotopic (exact) mass is 453 g/mol. The maximum atomic E-state index is 13.5. The SMILES string of the molecule is Cc1cccc(C(C(=O)Nc2ccccc2C)N(C(=O)CNC(=O)OC(C)(C)C)C(C)C)c1. The van der Waals surface area contributed by atoms with Crippen molar-refractivity contribution in [2.24, 2.45) is 0 Å². The van der Waals surface area contributed by atoms with E-state index in [1.54, 1.807) is 20.8 Å². The first-order chi connectivity index (χ1) is 15.4. The number of hydrogen-bond acceptors (Lipinski definition) is 4. The van der Waals surface area contributed by atoms with Crippen LogP contribution in [0.2, 0.25) is 0 Å². The zero-order valence-corrected chi connectivity index (χ0v) is 20.6. The number of benzene rings is 2. The normalized spacial score (nSPS) is 12.1. The van der Waals surface area contributed by atoms with Gasteiger partial charge < -0.3 is 20.3 Å². The number of amides is 3. The highest BCUT2D eigenvalue weighted by molar-refractivity contribution is 5.99. The van der Waals surface area contributed by atoms with Crippen LogP contribution in [0.3, 0.4) is 0 Å². The smallest absolute Gasteiger partial charge is 0.408 e. The van der Waals surface area contributed by atoms with E-state index in [0.717, 1.165) is 11.1 Å². The second kappa shape index (κ2) is 11.0. The fraction of sp³-hybridized carbons (Fsp3) is 0.423. The topological polar surface area (TPSA) is 87.7 Å². The Kier molecular flexibility index (Phi) is 8.63. The maximum absolute atomic E-state index is 13.5. The van der Waals surface area contributed by atoms with Gasteiger partial charge in [-0.2, -0.15) is 0 Å². The highest BCUT2D eigenvalue weighted by Crippen LogP contribution is 2.27. The predicted octanol–water partition coefficient (Wildman–Crippen LogP) is 4.74. The Balaban J connectivity index is 2.35. The highest BCUT2D eigenvalue weighted by atomic mass is 16.6. The van der Waals surface area contributed by atoms with E-state index in [1.807, 2.05) is 76.2 Å². The van der Waals surface area contributed by atoms with Crippen molar-refractivity contribution in [3.63, 3.8) is 0 Å². The number of carbonyl (C=O) groups is 3. The van der Waals surface area contributed by atoms with Gasteiger partial charge in [-0.25, -0.2) is 4.79 Å². The molecule has 0 radical (unpaired) electrons. The third-order valence-electron chi connectivity index (χ3n) is 4.91. The van der Waals surface area contributed by atoms with Gasteiger partial charge >= 0.3 is 6.09 Å². The molecule has 0 saturated heterocycles. The molecule has 7 nitrogen and oxygen atoms in total. The molecule has 0 spiro atoms. The first kappa shape index (κ1) is 25.9. The fourth-order valence-corrected chi connectivity index (χ4v) is 3.48. The van der Waals surface area contributed by atoms with Gasteiger partial charge in [0, 0.05) is 11.7 Å². The van der Waals surface area contributed by atoms with E-state index in [-0.39, 0.29) is 24.4 Å². The summed E-state index contributed by atoms with van der Waals surface area (Å²) in [6.07, 6.45) is -0.684. The van der Waals surface area contributed by atoms with Gasteiger partial charge in [-0.15, -0.1) is 0 Å². The van der Waals surface area contributed by atoms with E-state index in [0.29, 0.717) is 11.3 Å². The molecular formula is C26H35N3O4. The van der Waals surface area contributed by atoms with Crippen LogP contribution in [0.4, 0.5) is 10.5 Å². The number of hydrogen-bond donors (Lipinski definition) is 2. The Bertz CT molecular complexity index is 995. The second-order valence-corrected chi connectivity index (χ2v) is 9.37. The quantitative estimate of drug-likeness (QED) is 0.634. The van der Waals surface area contributed by atoms with Crippen molar-refractivity contribution >= 4 is 23.6 Å². The van der Waals surface area contributed by atoms with Crippen molar-refractivity contribution in [2.75, 3.05) is 11.9 Å². The summed E-state index contributed by atoms with van der Waals surface area (Å²) < 4.78 is 5.23. The lowest BCUT2D eigenvalue weighted by molar-refractivity contribution is -0.140. The van der Waals surface area contributed by atoms with Crippen LogP contribution in [0.1, 0.15) is 57.4 Å². The molecule has 2 aromatic rings. The number of anilines is 1. The molecule has 1 unspecified atom stereocenters. The number of carbonyl (C=O) groups excluding carboxylic acids is 3. The lowest BCUT2D eigenvalue weighted by Crippen LogP contribution is -2.49. The largest absolute Gasteiger partial charge is 0.444 e. The first-order valence-corrected chi connectivity index (χ1v) is 11.1. The number of alkyl carbamates (subject to hydrolysis) is 1. The van der Waals surface area contributed by atoms with Gasteiger partial charge in [0.05, 0.1) is 0 Å². The van der Waals surface area contributed by atoms with E-state index in [4.69, 9.17) is 4.74 Å². The van der Waals surface area contributed by atoms with Gasteiger partial charge in [0.15, 0.2) is 0 Å². The van der Waals surface area contributed by atoms with Crippen molar-refractivity contribution in [3.05, 3.63) is 65.2 Å². The molecule has 0 bridgehead atoms. The maximum Gasteiger partial charge on any atom is 0.408 e. The van der Waals surface area contributed by atoms with Crippen molar-refractivity contribution in [1.82, 2.24) is 10.2 Å². The molecule has 2 N–H and O–H groups in total. The van der Waals surface area contributed by atoms with Crippen LogP contribution in [0.5, 0.6) is 0 Å². The standard InChI is InChI=1S/C26H35N3O4/c1-17(2)29(22(30)16-27-25(32)33-26(5,6)7)23(20-13-10-11-18(3)15-20)24(31)28-21-14-9-8-12-19(21)4/h8-15,17,23H,16H2,1-7H3,(H,27,32)(H,28,31). The summed E-state index contributed by atoms with van der Waals surface area (Å²) in [4.78, 5) is 40.4. The molecule has 2 aromatic carbocycles. The van der Waals surface area contributed by atoms with E-state index < -0.39 is 17.7 Å². The average molecular weight is 454 g/mol. The molecule has 0 aliphatic rings. The zero-order valence-electron chi connectivity index (χ0n) is 20.6. The summed E-state index contributed by atoms with van der Waals surface area (Å²) in [7, 11) is 0. The van der Waals surface area contributed by atoms with Crippen molar-refractivity contribution in [1.29, 1.82) is 0 Å². The van der Waals surface area contributed by atoms with Crippen LogP contribution in [-0.4, -0.2) is 41.0 Å². The molecule has 0 fully saturated rings. The Morgan fingerprint density at radius 3 is 2.24 bits per heavy atom. The molecule has 0 aromatic heterocycles. The number of rotatable bonds is 7. The number of ether oxygens (including phenoxy) is 1. The average Bonchev–Trinajstić information content (AvgIpc) is 2.70. The van der Waals surface area contributed by atoms with Gasteiger partial charge in [-0.05, 0) is 65.7 Å². The number of nitrogens with one attached hydrogen (secondary N) is 2. The molecule has 0 aliphatic heterocycles. The lowest BCUT2D eigenvalue weighted by atomic mass is 10.00. The minimum Gasteiger partial charge on any atom is -0.444 e. The fourth-order valence-electron chi connectivity index (χ4n) is 3.48. The minimum atomic E-state index is -0.877. The Morgan fingerprint density at radius 2 is 1.67 bits per heavy atom. The van der Waals surface area contributed by atoms with Gasteiger partial charge in [0.1, 0.15) is 18.2 Å². The van der Waals surface area contributed by atoms with E-state index in [9.17, 15) is 14.4 Å².